The highest BCUT2D eigenvalue weighted by atomic mass is 32.2. The maximum Gasteiger partial charge on any atom is 0.282 e. The fraction of sp³-hybridized carbons (Fsp3) is 0.0556. The molecule has 0 radical (unpaired) electrons. The van der Waals surface area contributed by atoms with E-state index in [0.29, 0.717) is 0 Å². The van der Waals surface area contributed by atoms with E-state index in [1.54, 1.807) is 0 Å². The van der Waals surface area contributed by atoms with Gasteiger partial charge in [0.05, 0.1) is 4.90 Å². The van der Waals surface area contributed by atoms with Crippen LogP contribution in [0.25, 0.3) is 10.8 Å². The molecule has 0 fully saturated rings. The highest BCUT2D eigenvalue weighted by molar-refractivity contribution is 7.90. The van der Waals surface area contributed by atoms with Gasteiger partial charge in [-0.1, -0.05) is 36.4 Å². The van der Waals surface area contributed by atoms with Crippen LogP contribution in [0.5, 0.6) is 5.75 Å². The van der Waals surface area contributed by atoms with Gasteiger partial charge in [0.2, 0.25) is 0 Å². The van der Waals surface area contributed by atoms with Crippen molar-refractivity contribution < 1.29 is 13.5 Å². The zero-order valence-corrected chi connectivity index (χ0v) is 13.3. The van der Waals surface area contributed by atoms with Crippen LogP contribution < -0.4 is 0 Å². The predicted octanol–water partition coefficient (Wildman–Crippen LogP) is 3.66. The summed E-state index contributed by atoms with van der Waals surface area (Å²) in [6, 6.07) is 17.0. The normalized spacial score (nSPS) is 12.0. The monoisotopic (exact) mass is 325 g/mol. The number of benzene rings is 3. The Morgan fingerprint density at radius 1 is 0.957 bits per heavy atom. The molecule has 1 N–H and O–H groups in total. The zero-order valence-electron chi connectivity index (χ0n) is 12.5. The zero-order chi connectivity index (χ0) is 16.4. The lowest BCUT2D eigenvalue weighted by molar-refractivity contribution is 0.475. The van der Waals surface area contributed by atoms with E-state index in [4.69, 9.17) is 0 Å². The Morgan fingerprint density at radius 2 is 1.65 bits per heavy atom. The molecule has 3 aromatic rings. The van der Waals surface area contributed by atoms with Crippen molar-refractivity contribution in [3.05, 3.63) is 71.8 Å². The summed E-state index contributed by atoms with van der Waals surface area (Å²) in [7, 11) is -3.80. The molecule has 0 saturated carbocycles. The van der Waals surface area contributed by atoms with Crippen molar-refractivity contribution in [3.63, 3.8) is 0 Å². The number of aryl methyl sites for hydroxylation is 1. The van der Waals surface area contributed by atoms with Crippen molar-refractivity contribution in [2.24, 2.45) is 4.40 Å². The summed E-state index contributed by atoms with van der Waals surface area (Å²) in [4.78, 5) is 0.0458. The Hall–Kier alpha value is -2.66. The van der Waals surface area contributed by atoms with Gasteiger partial charge in [0.15, 0.2) is 0 Å². The van der Waals surface area contributed by atoms with E-state index < -0.39 is 10.0 Å². The highest BCUT2D eigenvalue weighted by Crippen LogP contribution is 2.22. The molecule has 0 aliphatic heterocycles. The molecule has 0 unspecified atom stereocenters. The molecule has 3 aromatic carbocycles. The first-order valence-electron chi connectivity index (χ1n) is 7.05. The molecule has 0 bridgehead atoms. The number of sulfonamides is 1. The molecule has 3 rings (SSSR count). The molecule has 116 valence electrons. The molecule has 0 atom stereocenters. The van der Waals surface area contributed by atoms with Crippen molar-refractivity contribution in [3.8, 4) is 5.75 Å². The molecule has 0 aliphatic carbocycles. The molecule has 5 heteroatoms. The van der Waals surface area contributed by atoms with E-state index in [0.717, 1.165) is 21.9 Å². The van der Waals surface area contributed by atoms with Crippen molar-refractivity contribution in [2.45, 2.75) is 11.8 Å². The molecule has 0 aliphatic rings. The van der Waals surface area contributed by atoms with Crippen LogP contribution in [-0.4, -0.2) is 19.7 Å². The SMILES string of the molecule is Cc1ccc2ccccc2c1/C=N/S(=O)(=O)c1ccc(O)cc1. The first-order valence-corrected chi connectivity index (χ1v) is 8.49. The van der Waals surface area contributed by atoms with Crippen LogP contribution in [0.4, 0.5) is 0 Å². The highest BCUT2D eigenvalue weighted by Gasteiger charge is 2.12. The summed E-state index contributed by atoms with van der Waals surface area (Å²) in [6.07, 6.45) is 1.39. The quantitative estimate of drug-likeness (QED) is 0.747. The largest absolute Gasteiger partial charge is 0.508 e. The molecule has 0 saturated heterocycles. The van der Waals surface area contributed by atoms with Crippen molar-refractivity contribution >= 4 is 27.0 Å². The first-order chi connectivity index (χ1) is 11.0. The number of nitrogens with zero attached hydrogens (tertiary/aromatic N) is 1. The van der Waals surface area contributed by atoms with Gasteiger partial charge in [-0.05, 0) is 47.5 Å². The fourth-order valence-corrected chi connectivity index (χ4v) is 3.22. The molecule has 0 aromatic heterocycles. The number of rotatable bonds is 3. The lowest BCUT2D eigenvalue weighted by atomic mass is 10.0. The van der Waals surface area contributed by atoms with E-state index in [-0.39, 0.29) is 10.6 Å². The molecule has 0 heterocycles. The lowest BCUT2D eigenvalue weighted by Gasteiger charge is -2.06. The van der Waals surface area contributed by atoms with Gasteiger partial charge in [0.25, 0.3) is 10.0 Å². The minimum Gasteiger partial charge on any atom is -0.508 e. The van der Waals surface area contributed by atoms with Gasteiger partial charge in [-0.3, -0.25) is 0 Å². The molecular weight excluding hydrogens is 310 g/mol. The number of hydrogen-bond donors (Lipinski definition) is 1. The minimum absolute atomic E-state index is 0.0119. The van der Waals surface area contributed by atoms with Crippen LogP contribution in [0, 0.1) is 6.92 Å². The summed E-state index contributed by atoms with van der Waals surface area (Å²) in [5.74, 6) is 0.0119. The van der Waals surface area contributed by atoms with Crippen LogP contribution in [0.3, 0.4) is 0 Å². The standard InChI is InChI=1S/C18H15NO3S/c1-13-6-7-14-4-2-3-5-17(14)18(13)12-19-23(21,22)16-10-8-15(20)9-11-16/h2-12,20H,1H3/b19-12+. The fourth-order valence-electron chi connectivity index (χ4n) is 2.38. The summed E-state index contributed by atoms with van der Waals surface area (Å²) in [6.45, 7) is 1.92. The molecule has 23 heavy (non-hydrogen) atoms. The Labute approximate surface area is 134 Å². The van der Waals surface area contributed by atoms with Crippen molar-refractivity contribution in [1.29, 1.82) is 0 Å². The Balaban J connectivity index is 2.06. The van der Waals surface area contributed by atoms with Crippen LogP contribution in [0.15, 0.2) is 70.0 Å². The third-order valence-electron chi connectivity index (χ3n) is 3.64. The van der Waals surface area contributed by atoms with Gasteiger partial charge >= 0.3 is 0 Å². The number of phenols is 1. The van der Waals surface area contributed by atoms with E-state index in [2.05, 4.69) is 4.40 Å². The molecular formula is C18H15NO3S. The third kappa shape index (κ3) is 3.10. The van der Waals surface area contributed by atoms with E-state index >= 15 is 0 Å². The number of phenolic OH excluding ortho intramolecular Hbond substituents is 1. The average Bonchev–Trinajstić information content (AvgIpc) is 2.54. The number of hydrogen-bond acceptors (Lipinski definition) is 3. The first kappa shape index (κ1) is 15.2. The van der Waals surface area contributed by atoms with E-state index in [9.17, 15) is 13.5 Å². The second-order valence-electron chi connectivity index (χ2n) is 5.22. The predicted molar refractivity (Wildman–Crippen MR) is 91.6 cm³/mol. The van der Waals surface area contributed by atoms with Gasteiger partial charge in [-0.15, -0.1) is 0 Å². The average molecular weight is 325 g/mol. The van der Waals surface area contributed by atoms with E-state index in [1.165, 1.54) is 30.5 Å². The maximum atomic E-state index is 12.3. The van der Waals surface area contributed by atoms with Crippen molar-refractivity contribution in [1.82, 2.24) is 0 Å². The molecule has 4 nitrogen and oxygen atoms in total. The van der Waals surface area contributed by atoms with Gasteiger partial charge in [0.1, 0.15) is 5.75 Å². The summed E-state index contributed by atoms with van der Waals surface area (Å²) < 4.78 is 28.4. The van der Waals surface area contributed by atoms with E-state index in [1.807, 2.05) is 43.3 Å². The smallest absolute Gasteiger partial charge is 0.282 e. The maximum absolute atomic E-state index is 12.3. The van der Waals surface area contributed by atoms with Gasteiger partial charge in [-0.2, -0.15) is 12.8 Å². The minimum atomic E-state index is -3.80. The lowest BCUT2D eigenvalue weighted by Crippen LogP contribution is -1.98. The third-order valence-corrected chi connectivity index (χ3v) is 4.89. The summed E-state index contributed by atoms with van der Waals surface area (Å²) in [5, 5.41) is 11.2. The van der Waals surface area contributed by atoms with Crippen LogP contribution >= 0.6 is 0 Å². The van der Waals surface area contributed by atoms with Gasteiger partial charge in [-0.25, -0.2) is 0 Å². The summed E-state index contributed by atoms with van der Waals surface area (Å²) in [5.41, 5.74) is 1.74. The second-order valence-corrected chi connectivity index (χ2v) is 6.85. The van der Waals surface area contributed by atoms with Gasteiger partial charge < -0.3 is 5.11 Å². The van der Waals surface area contributed by atoms with Crippen molar-refractivity contribution in [2.75, 3.05) is 0 Å². The summed E-state index contributed by atoms with van der Waals surface area (Å²) >= 11 is 0. The van der Waals surface area contributed by atoms with Crippen LogP contribution in [-0.2, 0) is 10.0 Å². The molecule has 0 spiro atoms. The Morgan fingerprint density at radius 3 is 2.39 bits per heavy atom. The van der Waals surface area contributed by atoms with Crippen LogP contribution in [0.1, 0.15) is 11.1 Å². The second kappa shape index (κ2) is 5.85. The van der Waals surface area contributed by atoms with Crippen LogP contribution in [0.2, 0.25) is 0 Å². The molecule has 0 amide bonds. The number of aromatic hydroxyl groups is 1. The topological polar surface area (TPSA) is 66.7 Å². The Bertz CT molecular complexity index is 990. The Kier molecular flexibility index (Phi) is 3.88. The number of fused-ring (bicyclic) bond motifs is 1. The van der Waals surface area contributed by atoms with Gasteiger partial charge in [0, 0.05) is 11.8 Å².